The van der Waals surface area contributed by atoms with Gasteiger partial charge in [-0.2, -0.15) is 0 Å². The van der Waals surface area contributed by atoms with Crippen molar-refractivity contribution >= 4 is 0 Å². The Morgan fingerprint density at radius 3 is 2.42 bits per heavy atom. The van der Waals surface area contributed by atoms with Gasteiger partial charge in [0, 0.05) is 13.2 Å². The Balaban J connectivity index is 1.08. The van der Waals surface area contributed by atoms with Crippen LogP contribution in [0.5, 0.6) is 0 Å². The number of ether oxygens (including phenoxy) is 2. The fourth-order valence-corrected chi connectivity index (χ4v) is 10.9. The summed E-state index contributed by atoms with van der Waals surface area (Å²) in [4.78, 5) is 0. The first-order chi connectivity index (χ1) is 14.9. The molecule has 0 N–H and O–H groups in total. The lowest BCUT2D eigenvalue weighted by Gasteiger charge is -2.51. The second-order valence-corrected chi connectivity index (χ2v) is 13.8. The normalized spacial score (nSPS) is 54.2. The minimum Gasteiger partial charge on any atom is -0.381 e. The van der Waals surface area contributed by atoms with Crippen LogP contribution < -0.4 is 0 Å². The summed E-state index contributed by atoms with van der Waals surface area (Å²) in [6.07, 6.45) is 15.1. The molecule has 11 atom stereocenters. The van der Waals surface area contributed by atoms with Gasteiger partial charge in [0.2, 0.25) is 0 Å². The molecule has 176 valence electrons. The van der Waals surface area contributed by atoms with Gasteiger partial charge in [-0.3, -0.25) is 0 Å². The zero-order chi connectivity index (χ0) is 21.4. The molecular formula is C29H48O2. The van der Waals surface area contributed by atoms with Crippen molar-refractivity contribution in [2.45, 2.75) is 98.0 Å². The molecule has 6 aliphatic carbocycles. The molecule has 2 nitrogen and oxygen atoms in total. The molecule has 0 spiro atoms. The molecule has 6 saturated carbocycles. The predicted octanol–water partition coefficient (Wildman–Crippen LogP) is 6.97. The van der Waals surface area contributed by atoms with Crippen LogP contribution in [0.1, 0.15) is 91.9 Å². The largest absolute Gasteiger partial charge is 0.381 e. The summed E-state index contributed by atoms with van der Waals surface area (Å²) < 4.78 is 12.9. The van der Waals surface area contributed by atoms with Crippen molar-refractivity contribution < 1.29 is 9.47 Å². The van der Waals surface area contributed by atoms with Crippen LogP contribution in [0, 0.1) is 64.1 Å². The number of rotatable bonds is 6. The Bertz CT molecular complexity index is 672. The lowest BCUT2D eigenvalue weighted by molar-refractivity contribution is -0.120. The quantitative estimate of drug-likeness (QED) is 0.425. The first-order valence-electron chi connectivity index (χ1n) is 14.1. The van der Waals surface area contributed by atoms with E-state index in [0.29, 0.717) is 16.9 Å². The zero-order valence-electron chi connectivity index (χ0n) is 20.8. The predicted molar refractivity (Wildman–Crippen MR) is 126 cm³/mol. The number of fused-ring (bicyclic) bond motifs is 10. The van der Waals surface area contributed by atoms with Crippen LogP contribution >= 0.6 is 0 Å². The lowest BCUT2D eigenvalue weighted by Crippen LogP contribution is -2.48. The van der Waals surface area contributed by atoms with Crippen molar-refractivity contribution in [1.29, 1.82) is 0 Å². The summed E-state index contributed by atoms with van der Waals surface area (Å²) in [5, 5.41) is 0. The molecule has 0 aromatic rings. The summed E-state index contributed by atoms with van der Waals surface area (Å²) in [5.74, 6) is 8.71. The molecule has 0 saturated heterocycles. The van der Waals surface area contributed by atoms with E-state index in [0.717, 1.165) is 73.1 Å². The van der Waals surface area contributed by atoms with Gasteiger partial charge in [0.25, 0.3) is 0 Å². The first kappa shape index (κ1) is 21.5. The third kappa shape index (κ3) is 3.23. The van der Waals surface area contributed by atoms with Gasteiger partial charge in [0.05, 0.1) is 12.7 Å². The van der Waals surface area contributed by atoms with Gasteiger partial charge in [0.15, 0.2) is 0 Å². The SMILES string of the molecule is CCOCC1(C)CCCC2C[C@H](COC3C4CC(C5C6CCC(C6)C45)C3(C)C)CCC21. The molecule has 6 aliphatic rings. The van der Waals surface area contributed by atoms with Crippen LogP contribution in [0.2, 0.25) is 0 Å². The summed E-state index contributed by atoms with van der Waals surface area (Å²) >= 11 is 0. The summed E-state index contributed by atoms with van der Waals surface area (Å²) in [6.45, 7) is 12.7. The Hall–Kier alpha value is -0.0800. The van der Waals surface area contributed by atoms with Crippen LogP contribution in [0.3, 0.4) is 0 Å². The van der Waals surface area contributed by atoms with Gasteiger partial charge in [-0.25, -0.2) is 0 Å². The maximum absolute atomic E-state index is 6.98. The van der Waals surface area contributed by atoms with E-state index in [1.54, 1.807) is 12.8 Å². The van der Waals surface area contributed by atoms with E-state index >= 15 is 0 Å². The van der Waals surface area contributed by atoms with Gasteiger partial charge in [-0.05, 0) is 122 Å². The van der Waals surface area contributed by atoms with Crippen molar-refractivity contribution in [1.82, 2.24) is 0 Å². The van der Waals surface area contributed by atoms with E-state index in [1.165, 1.54) is 51.4 Å². The molecule has 0 amide bonds. The molecule has 0 radical (unpaired) electrons. The fraction of sp³-hybridized carbons (Fsp3) is 1.00. The minimum atomic E-state index is 0.411. The topological polar surface area (TPSA) is 18.5 Å². The monoisotopic (exact) mass is 428 g/mol. The highest BCUT2D eigenvalue weighted by molar-refractivity contribution is 5.17. The van der Waals surface area contributed by atoms with E-state index in [4.69, 9.17) is 9.47 Å². The van der Waals surface area contributed by atoms with Crippen molar-refractivity contribution in [2.24, 2.45) is 64.1 Å². The second kappa shape index (κ2) is 7.72. The average Bonchev–Trinajstić information content (AvgIpc) is 3.50. The van der Waals surface area contributed by atoms with Crippen LogP contribution in [-0.2, 0) is 9.47 Å². The van der Waals surface area contributed by atoms with Gasteiger partial charge < -0.3 is 9.47 Å². The number of hydrogen-bond donors (Lipinski definition) is 0. The van der Waals surface area contributed by atoms with Gasteiger partial charge >= 0.3 is 0 Å². The van der Waals surface area contributed by atoms with E-state index in [9.17, 15) is 0 Å². The Morgan fingerprint density at radius 2 is 1.61 bits per heavy atom. The molecule has 0 aromatic carbocycles. The van der Waals surface area contributed by atoms with E-state index in [2.05, 4.69) is 27.7 Å². The van der Waals surface area contributed by atoms with Gasteiger partial charge in [-0.15, -0.1) is 0 Å². The molecular weight excluding hydrogens is 380 g/mol. The summed E-state index contributed by atoms with van der Waals surface area (Å²) in [5.41, 5.74) is 0.836. The van der Waals surface area contributed by atoms with Crippen LogP contribution in [0.25, 0.3) is 0 Å². The van der Waals surface area contributed by atoms with Crippen molar-refractivity contribution in [3.05, 3.63) is 0 Å². The maximum atomic E-state index is 6.98. The maximum Gasteiger partial charge on any atom is 0.0659 e. The van der Waals surface area contributed by atoms with Crippen molar-refractivity contribution in [2.75, 3.05) is 19.8 Å². The van der Waals surface area contributed by atoms with E-state index < -0.39 is 0 Å². The smallest absolute Gasteiger partial charge is 0.0659 e. The fourth-order valence-electron chi connectivity index (χ4n) is 10.9. The summed E-state index contributed by atoms with van der Waals surface area (Å²) in [7, 11) is 0. The van der Waals surface area contributed by atoms with Crippen molar-refractivity contribution in [3.63, 3.8) is 0 Å². The molecule has 2 heteroatoms. The molecule has 0 heterocycles. The Kier molecular flexibility index (Phi) is 5.35. The zero-order valence-corrected chi connectivity index (χ0v) is 20.8. The molecule has 4 bridgehead atoms. The van der Waals surface area contributed by atoms with Crippen LogP contribution in [-0.4, -0.2) is 25.9 Å². The van der Waals surface area contributed by atoms with Gasteiger partial charge in [-0.1, -0.05) is 33.6 Å². The molecule has 6 rings (SSSR count). The van der Waals surface area contributed by atoms with Crippen molar-refractivity contribution in [3.8, 4) is 0 Å². The Morgan fingerprint density at radius 1 is 0.806 bits per heavy atom. The molecule has 31 heavy (non-hydrogen) atoms. The highest BCUT2D eigenvalue weighted by Gasteiger charge is 2.68. The third-order valence-corrected chi connectivity index (χ3v) is 12.1. The minimum absolute atomic E-state index is 0.411. The molecule has 0 aromatic heterocycles. The second-order valence-electron chi connectivity index (χ2n) is 13.8. The van der Waals surface area contributed by atoms with Gasteiger partial charge in [0.1, 0.15) is 0 Å². The molecule has 6 fully saturated rings. The average molecular weight is 429 g/mol. The Labute approximate surface area is 191 Å². The number of hydrogen-bond acceptors (Lipinski definition) is 2. The van der Waals surface area contributed by atoms with E-state index in [1.807, 2.05) is 0 Å². The summed E-state index contributed by atoms with van der Waals surface area (Å²) in [6, 6.07) is 0. The van der Waals surface area contributed by atoms with Crippen LogP contribution in [0.4, 0.5) is 0 Å². The highest BCUT2D eigenvalue weighted by Crippen LogP contribution is 2.72. The first-order valence-corrected chi connectivity index (χ1v) is 14.1. The molecule has 10 unspecified atom stereocenters. The standard InChI is InChI=1S/C29H48O2/c1-5-30-17-29(4)12-6-7-19-13-18(8-11-23(19)29)16-31-27-22-15-24(28(27,2)3)26-21-10-9-20(14-21)25(22)26/h18-27H,5-17H2,1-4H3/t18-,19?,20?,21?,22?,23?,24?,25?,26?,27?,29?/m1/s1. The van der Waals surface area contributed by atoms with Crippen LogP contribution in [0.15, 0.2) is 0 Å². The third-order valence-electron chi connectivity index (χ3n) is 12.1. The lowest BCUT2D eigenvalue weighted by atomic mass is 9.57. The highest BCUT2D eigenvalue weighted by atomic mass is 16.5. The molecule has 0 aliphatic heterocycles. The van der Waals surface area contributed by atoms with E-state index in [-0.39, 0.29) is 0 Å².